The van der Waals surface area contributed by atoms with Gasteiger partial charge in [-0.15, -0.1) is 0 Å². The number of aromatic hydroxyl groups is 1. The number of fused-ring (bicyclic) bond motifs is 5. The first-order chi connectivity index (χ1) is 16.4. The molecule has 0 heterocycles. The Labute approximate surface area is 203 Å². The second-order valence-corrected chi connectivity index (χ2v) is 11.2. The predicted octanol–water partition coefficient (Wildman–Crippen LogP) is 5.87. The third kappa shape index (κ3) is 4.16. The van der Waals surface area contributed by atoms with E-state index in [4.69, 9.17) is 0 Å². The van der Waals surface area contributed by atoms with Gasteiger partial charge in [0.15, 0.2) is 0 Å². The maximum Gasteiger partial charge on any atom is 0.222 e. The molecular weight excluding hydrogens is 422 g/mol. The number of hydrogen-bond donors (Lipinski definition) is 1. The monoisotopic (exact) mass is 459 g/mol. The number of amides is 1. The van der Waals surface area contributed by atoms with E-state index >= 15 is 0 Å². The average Bonchev–Trinajstić information content (AvgIpc) is 3.09. The third-order valence-electron chi connectivity index (χ3n) is 9.21. The number of phenolic OH excluding ortho intramolecular Hbond substituents is 1. The van der Waals surface area contributed by atoms with Crippen LogP contribution in [0.3, 0.4) is 0 Å². The van der Waals surface area contributed by atoms with E-state index in [0.29, 0.717) is 54.6 Å². The van der Waals surface area contributed by atoms with Gasteiger partial charge in [0.25, 0.3) is 0 Å². The van der Waals surface area contributed by atoms with Crippen LogP contribution in [0.15, 0.2) is 48.5 Å². The lowest BCUT2D eigenvalue weighted by Crippen LogP contribution is -2.44. The molecule has 2 fully saturated rings. The first-order valence-corrected chi connectivity index (χ1v) is 13.0. The molecule has 0 radical (unpaired) electrons. The largest absolute Gasteiger partial charge is 0.508 e. The van der Waals surface area contributed by atoms with Crippen molar-refractivity contribution in [1.82, 2.24) is 4.90 Å². The van der Waals surface area contributed by atoms with Gasteiger partial charge in [-0.05, 0) is 91.0 Å². The lowest BCUT2D eigenvalue weighted by atomic mass is 9.54. The van der Waals surface area contributed by atoms with Gasteiger partial charge in [-0.2, -0.15) is 0 Å². The Bertz CT molecular complexity index is 1060. The molecule has 5 atom stereocenters. The smallest absolute Gasteiger partial charge is 0.222 e. The molecule has 4 heteroatoms. The quantitative estimate of drug-likeness (QED) is 0.587. The molecule has 2 saturated carbocycles. The summed E-state index contributed by atoms with van der Waals surface area (Å²) in [4.78, 5) is 27.8. The van der Waals surface area contributed by atoms with Crippen LogP contribution in [0.2, 0.25) is 0 Å². The summed E-state index contributed by atoms with van der Waals surface area (Å²) in [5, 5.41) is 9.94. The van der Waals surface area contributed by atoms with Crippen LogP contribution in [0.4, 0.5) is 0 Å². The second kappa shape index (κ2) is 9.20. The minimum absolute atomic E-state index is 0.184. The fourth-order valence-electron chi connectivity index (χ4n) is 7.55. The fraction of sp³-hybridized carbons (Fsp3) is 0.533. The summed E-state index contributed by atoms with van der Waals surface area (Å²) in [5.74, 6) is 2.81. The van der Waals surface area contributed by atoms with Crippen molar-refractivity contribution in [2.24, 2.45) is 23.2 Å². The fourth-order valence-corrected chi connectivity index (χ4v) is 7.55. The second-order valence-electron chi connectivity index (χ2n) is 11.2. The molecule has 34 heavy (non-hydrogen) atoms. The van der Waals surface area contributed by atoms with Crippen molar-refractivity contribution in [3.05, 3.63) is 65.2 Å². The van der Waals surface area contributed by atoms with Crippen molar-refractivity contribution in [2.45, 2.75) is 70.8 Å². The van der Waals surface area contributed by atoms with E-state index in [9.17, 15) is 14.7 Å². The van der Waals surface area contributed by atoms with Crippen molar-refractivity contribution >= 4 is 11.7 Å². The first kappa shape index (κ1) is 23.1. The van der Waals surface area contributed by atoms with E-state index in [1.165, 1.54) is 11.1 Å². The maximum absolute atomic E-state index is 13.2. The summed E-state index contributed by atoms with van der Waals surface area (Å²) in [5.41, 5.74) is 3.63. The van der Waals surface area contributed by atoms with Crippen LogP contribution in [0.1, 0.15) is 74.5 Å². The molecule has 1 N–H and O–H groups in total. The lowest BCUT2D eigenvalue weighted by molar-refractivity contribution is -0.131. The Balaban J connectivity index is 1.24. The average molecular weight is 460 g/mol. The highest BCUT2D eigenvalue weighted by Crippen LogP contribution is 2.62. The van der Waals surface area contributed by atoms with Crippen molar-refractivity contribution in [2.75, 3.05) is 7.05 Å². The van der Waals surface area contributed by atoms with Gasteiger partial charge >= 0.3 is 0 Å². The van der Waals surface area contributed by atoms with Crippen molar-refractivity contribution < 1.29 is 14.7 Å². The number of aryl methyl sites for hydroxylation is 1. The number of carbonyl (C=O) groups is 2. The van der Waals surface area contributed by atoms with Crippen molar-refractivity contribution in [3.8, 4) is 5.75 Å². The summed E-state index contributed by atoms with van der Waals surface area (Å²) in [6, 6.07) is 16.0. The number of rotatable bonds is 6. The molecule has 0 bridgehead atoms. The zero-order valence-electron chi connectivity index (χ0n) is 20.5. The van der Waals surface area contributed by atoms with Crippen LogP contribution in [-0.4, -0.2) is 28.7 Å². The number of phenols is 1. The predicted molar refractivity (Wildman–Crippen MR) is 133 cm³/mol. The molecule has 2 aromatic rings. The normalized spacial score (nSPS) is 29.8. The highest BCUT2D eigenvalue weighted by Gasteiger charge is 2.58. The van der Waals surface area contributed by atoms with Gasteiger partial charge in [-0.1, -0.05) is 43.3 Å². The molecule has 0 aliphatic heterocycles. The molecule has 3 aliphatic carbocycles. The number of Topliss-reactive ketones (excluding diaryl/α,β-unsaturated/α-hetero) is 1. The van der Waals surface area contributed by atoms with Gasteiger partial charge in [-0.3, -0.25) is 9.59 Å². The third-order valence-corrected chi connectivity index (χ3v) is 9.21. The molecule has 0 saturated heterocycles. The highest BCUT2D eigenvalue weighted by molar-refractivity contribution is 5.87. The minimum Gasteiger partial charge on any atom is -0.508 e. The van der Waals surface area contributed by atoms with Crippen LogP contribution in [-0.2, 0) is 22.6 Å². The number of benzene rings is 2. The number of carbonyl (C=O) groups excluding carboxylic acids is 2. The highest BCUT2D eigenvalue weighted by atomic mass is 16.3. The number of hydrogen-bond acceptors (Lipinski definition) is 3. The zero-order valence-corrected chi connectivity index (χ0v) is 20.5. The summed E-state index contributed by atoms with van der Waals surface area (Å²) in [6.45, 7) is 2.86. The SMILES string of the molecule is CN(Cc1ccccc1)C(=O)CCCC1CC(=O)C2(C)CCC3c4ccc(O)cc4CCC3[C@H]12. The van der Waals surface area contributed by atoms with E-state index in [-0.39, 0.29) is 11.3 Å². The summed E-state index contributed by atoms with van der Waals surface area (Å²) in [6.07, 6.45) is 7.16. The van der Waals surface area contributed by atoms with Gasteiger partial charge < -0.3 is 10.0 Å². The van der Waals surface area contributed by atoms with Gasteiger partial charge in [0.05, 0.1) is 0 Å². The van der Waals surface area contributed by atoms with Gasteiger partial charge in [0.1, 0.15) is 11.5 Å². The van der Waals surface area contributed by atoms with Gasteiger partial charge in [-0.25, -0.2) is 0 Å². The van der Waals surface area contributed by atoms with Crippen molar-refractivity contribution in [3.63, 3.8) is 0 Å². The van der Waals surface area contributed by atoms with Crippen LogP contribution < -0.4 is 0 Å². The molecule has 180 valence electrons. The maximum atomic E-state index is 13.2. The molecule has 5 rings (SSSR count). The van der Waals surface area contributed by atoms with Crippen LogP contribution in [0, 0.1) is 23.2 Å². The molecule has 0 spiro atoms. The van der Waals surface area contributed by atoms with E-state index in [1.54, 1.807) is 0 Å². The molecule has 4 unspecified atom stereocenters. The standard InChI is InChI=1S/C30H37NO3/c1-30-16-15-25-24-14-12-23(32)17-21(24)11-13-26(25)29(30)22(18-27(30)33)9-6-10-28(34)31(2)19-20-7-4-3-5-8-20/h3-5,7-8,12,14,17,22,25-26,29,32H,6,9-11,13,15-16,18-19H2,1-2H3/t22?,25?,26?,29-,30?/m0/s1. The number of ketones is 1. The van der Waals surface area contributed by atoms with E-state index in [2.05, 4.69) is 25.1 Å². The summed E-state index contributed by atoms with van der Waals surface area (Å²) < 4.78 is 0. The lowest BCUT2D eigenvalue weighted by Gasteiger charge is -2.50. The number of nitrogens with zero attached hydrogens (tertiary/aromatic N) is 1. The van der Waals surface area contributed by atoms with Crippen LogP contribution in [0.25, 0.3) is 0 Å². The van der Waals surface area contributed by atoms with E-state index in [0.717, 1.165) is 44.1 Å². The molecule has 4 nitrogen and oxygen atoms in total. The zero-order chi connectivity index (χ0) is 23.9. The van der Waals surface area contributed by atoms with Crippen LogP contribution in [0.5, 0.6) is 5.75 Å². The minimum atomic E-state index is -0.200. The molecule has 0 aromatic heterocycles. The van der Waals surface area contributed by atoms with E-state index in [1.807, 2.05) is 42.3 Å². The van der Waals surface area contributed by atoms with Crippen LogP contribution >= 0.6 is 0 Å². The Morgan fingerprint density at radius 1 is 1.15 bits per heavy atom. The first-order valence-electron chi connectivity index (χ1n) is 13.0. The molecule has 1 amide bonds. The van der Waals surface area contributed by atoms with Gasteiger partial charge in [0, 0.05) is 31.8 Å². The Hall–Kier alpha value is -2.62. The summed E-state index contributed by atoms with van der Waals surface area (Å²) >= 11 is 0. The molecular formula is C30H37NO3. The summed E-state index contributed by atoms with van der Waals surface area (Å²) in [7, 11) is 1.88. The Kier molecular flexibility index (Phi) is 6.26. The van der Waals surface area contributed by atoms with E-state index < -0.39 is 0 Å². The molecule has 2 aromatic carbocycles. The molecule has 3 aliphatic rings. The topological polar surface area (TPSA) is 57.6 Å². The Morgan fingerprint density at radius 2 is 1.94 bits per heavy atom. The van der Waals surface area contributed by atoms with Gasteiger partial charge in [0.2, 0.25) is 5.91 Å². The Morgan fingerprint density at radius 3 is 2.74 bits per heavy atom. The van der Waals surface area contributed by atoms with Crippen molar-refractivity contribution in [1.29, 1.82) is 0 Å².